The van der Waals surface area contributed by atoms with Crippen molar-refractivity contribution < 1.29 is 9.47 Å². The molecule has 0 atom stereocenters. The van der Waals surface area contributed by atoms with Gasteiger partial charge in [0.05, 0.1) is 14.2 Å². The van der Waals surface area contributed by atoms with Crippen molar-refractivity contribution in [2.24, 2.45) is 0 Å². The number of piperidine rings is 1. The van der Waals surface area contributed by atoms with Crippen molar-refractivity contribution in [1.82, 2.24) is 10.2 Å². The minimum absolute atomic E-state index is 0.637. The highest BCUT2D eigenvalue weighted by atomic mass is 16.5. The van der Waals surface area contributed by atoms with Gasteiger partial charge in [-0.2, -0.15) is 0 Å². The van der Waals surface area contributed by atoms with E-state index < -0.39 is 0 Å². The third-order valence-electron chi connectivity index (χ3n) is 5.44. The predicted octanol–water partition coefficient (Wildman–Crippen LogP) is 3.54. The van der Waals surface area contributed by atoms with Crippen LogP contribution < -0.4 is 14.8 Å². The average molecular weight is 369 g/mol. The normalized spacial score (nSPS) is 15.6. The highest BCUT2D eigenvalue weighted by Crippen LogP contribution is 2.27. The lowest BCUT2D eigenvalue weighted by Gasteiger charge is -2.32. The molecule has 3 rings (SSSR count). The third-order valence-corrected chi connectivity index (χ3v) is 5.44. The summed E-state index contributed by atoms with van der Waals surface area (Å²) in [5, 5.41) is 3.73. The molecule has 0 aliphatic carbocycles. The quantitative estimate of drug-likeness (QED) is 0.734. The van der Waals surface area contributed by atoms with Gasteiger partial charge in [0.2, 0.25) is 0 Å². The molecule has 2 aromatic carbocycles. The lowest BCUT2D eigenvalue weighted by atomic mass is 10.0. The maximum atomic E-state index is 5.39. The molecule has 0 amide bonds. The van der Waals surface area contributed by atoms with Gasteiger partial charge in [0, 0.05) is 12.6 Å². The van der Waals surface area contributed by atoms with Crippen LogP contribution in [0, 0.1) is 0 Å². The highest BCUT2D eigenvalue weighted by molar-refractivity contribution is 5.42. The molecule has 0 bridgehead atoms. The molecule has 0 spiro atoms. The van der Waals surface area contributed by atoms with Crippen LogP contribution in [-0.2, 0) is 12.8 Å². The van der Waals surface area contributed by atoms with Crippen molar-refractivity contribution >= 4 is 0 Å². The summed E-state index contributed by atoms with van der Waals surface area (Å²) < 4.78 is 10.7. The van der Waals surface area contributed by atoms with Gasteiger partial charge in [-0.25, -0.2) is 0 Å². The van der Waals surface area contributed by atoms with Gasteiger partial charge < -0.3 is 19.7 Å². The molecule has 1 aliphatic rings. The molecular weight excluding hydrogens is 336 g/mol. The van der Waals surface area contributed by atoms with Crippen molar-refractivity contribution in [3.63, 3.8) is 0 Å². The van der Waals surface area contributed by atoms with E-state index in [2.05, 4.69) is 52.7 Å². The summed E-state index contributed by atoms with van der Waals surface area (Å²) in [6.45, 7) is 4.56. The van der Waals surface area contributed by atoms with Crippen LogP contribution in [0.1, 0.15) is 24.0 Å². The minimum atomic E-state index is 0.637. The maximum absolute atomic E-state index is 5.39. The Bertz CT molecular complexity index is 682. The van der Waals surface area contributed by atoms with Crippen molar-refractivity contribution in [3.05, 3.63) is 59.7 Å². The molecule has 0 radical (unpaired) electrons. The standard InChI is InChI=1S/C23H32N2O2/c1-26-22-9-8-20(18-23(22)27-2)10-14-24-21-12-16-25(17-13-21)15-11-19-6-4-3-5-7-19/h3-9,18,21,24H,10-17H2,1-2H3. The monoisotopic (exact) mass is 368 g/mol. The molecule has 1 heterocycles. The Morgan fingerprint density at radius 3 is 2.33 bits per heavy atom. The van der Waals surface area contributed by atoms with E-state index in [1.165, 1.54) is 43.6 Å². The van der Waals surface area contributed by atoms with Gasteiger partial charge in [-0.3, -0.25) is 0 Å². The first-order valence-electron chi connectivity index (χ1n) is 9.99. The number of nitrogens with one attached hydrogen (secondary N) is 1. The first-order valence-corrected chi connectivity index (χ1v) is 9.99. The Balaban J connectivity index is 1.35. The molecule has 2 aromatic rings. The summed E-state index contributed by atoms with van der Waals surface area (Å²) in [6, 6.07) is 17.6. The lowest BCUT2D eigenvalue weighted by molar-refractivity contribution is 0.200. The number of benzene rings is 2. The zero-order chi connectivity index (χ0) is 18.9. The SMILES string of the molecule is COc1ccc(CCNC2CCN(CCc3ccccc3)CC2)cc1OC. The van der Waals surface area contributed by atoms with Gasteiger partial charge >= 0.3 is 0 Å². The summed E-state index contributed by atoms with van der Waals surface area (Å²) in [7, 11) is 3.36. The first-order chi connectivity index (χ1) is 13.3. The lowest BCUT2D eigenvalue weighted by Crippen LogP contribution is -2.43. The highest BCUT2D eigenvalue weighted by Gasteiger charge is 2.18. The molecule has 1 aliphatic heterocycles. The molecule has 146 valence electrons. The Morgan fingerprint density at radius 1 is 0.889 bits per heavy atom. The summed E-state index contributed by atoms with van der Waals surface area (Å²) in [5.74, 6) is 1.60. The second-order valence-corrected chi connectivity index (χ2v) is 7.24. The van der Waals surface area contributed by atoms with Gasteiger partial charge in [-0.1, -0.05) is 36.4 Å². The molecule has 4 nitrogen and oxygen atoms in total. The van der Waals surface area contributed by atoms with Gasteiger partial charge in [0.15, 0.2) is 11.5 Å². The molecule has 0 aromatic heterocycles. The maximum Gasteiger partial charge on any atom is 0.160 e. The smallest absolute Gasteiger partial charge is 0.160 e. The largest absolute Gasteiger partial charge is 0.493 e. The van der Waals surface area contributed by atoms with Gasteiger partial charge in [-0.15, -0.1) is 0 Å². The van der Waals surface area contributed by atoms with E-state index in [1.54, 1.807) is 14.2 Å². The fourth-order valence-corrected chi connectivity index (χ4v) is 3.75. The molecule has 0 unspecified atom stereocenters. The molecule has 1 saturated heterocycles. The number of nitrogens with zero attached hydrogens (tertiary/aromatic N) is 1. The molecule has 27 heavy (non-hydrogen) atoms. The molecular formula is C23H32N2O2. The topological polar surface area (TPSA) is 33.7 Å². The van der Waals surface area contributed by atoms with Crippen LogP contribution >= 0.6 is 0 Å². The zero-order valence-electron chi connectivity index (χ0n) is 16.6. The van der Waals surface area contributed by atoms with Crippen LogP contribution in [0.2, 0.25) is 0 Å². The van der Waals surface area contributed by atoms with Crippen molar-refractivity contribution in [3.8, 4) is 11.5 Å². The molecule has 1 fully saturated rings. The van der Waals surface area contributed by atoms with Crippen molar-refractivity contribution in [2.45, 2.75) is 31.7 Å². The first kappa shape index (κ1) is 19.7. The Labute approximate surface area is 163 Å². The van der Waals surface area contributed by atoms with E-state index in [4.69, 9.17) is 9.47 Å². The molecule has 4 heteroatoms. The van der Waals surface area contributed by atoms with Gasteiger partial charge in [0.25, 0.3) is 0 Å². The minimum Gasteiger partial charge on any atom is -0.493 e. The summed E-state index contributed by atoms with van der Waals surface area (Å²) >= 11 is 0. The van der Waals surface area contributed by atoms with Crippen LogP contribution in [0.5, 0.6) is 11.5 Å². The number of methoxy groups -OCH3 is 2. The van der Waals surface area contributed by atoms with Crippen LogP contribution in [0.4, 0.5) is 0 Å². The fraction of sp³-hybridized carbons (Fsp3) is 0.478. The fourth-order valence-electron chi connectivity index (χ4n) is 3.75. The third kappa shape index (κ3) is 5.98. The van der Waals surface area contributed by atoms with Crippen LogP contribution in [0.25, 0.3) is 0 Å². The van der Waals surface area contributed by atoms with E-state index in [0.717, 1.165) is 30.9 Å². The van der Waals surface area contributed by atoms with Crippen molar-refractivity contribution in [2.75, 3.05) is 40.4 Å². The number of rotatable bonds is 9. The van der Waals surface area contributed by atoms with Crippen molar-refractivity contribution in [1.29, 1.82) is 0 Å². The predicted molar refractivity (Wildman–Crippen MR) is 111 cm³/mol. The van der Waals surface area contributed by atoms with E-state index in [1.807, 2.05) is 6.07 Å². The van der Waals surface area contributed by atoms with Gasteiger partial charge in [-0.05, 0) is 68.6 Å². The van der Waals surface area contributed by atoms with E-state index in [0.29, 0.717) is 6.04 Å². The second kappa shape index (κ2) is 10.3. The summed E-state index contributed by atoms with van der Waals surface area (Å²) in [4.78, 5) is 2.60. The van der Waals surface area contributed by atoms with Crippen LogP contribution in [0.15, 0.2) is 48.5 Å². The Hall–Kier alpha value is -2.04. The Kier molecular flexibility index (Phi) is 7.55. The summed E-state index contributed by atoms with van der Waals surface area (Å²) in [5.41, 5.74) is 2.72. The number of ether oxygens (including phenoxy) is 2. The van der Waals surface area contributed by atoms with E-state index >= 15 is 0 Å². The number of hydrogen-bond acceptors (Lipinski definition) is 4. The molecule has 0 saturated carbocycles. The molecule has 1 N–H and O–H groups in total. The second-order valence-electron chi connectivity index (χ2n) is 7.24. The van der Waals surface area contributed by atoms with E-state index in [-0.39, 0.29) is 0 Å². The Morgan fingerprint density at radius 2 is 1.63 bits per heavy atom. The van der Waals surface area contributed by atoms with Gasteiger partial charge in [0.1, 0.15) is 0 Å². The zero-order valence-corrected chi connectivity index (χ0v) is 16.6. The van der Waals surface area contributed by atoms with Crippen LogP contribution in [0.3, 0.4) is 0 Å². The van der Waals surface area contributed by atoms with Crippen LogP contribution in [-0.4, -0.2) is 51.3 Å². The average Bonchev–Trinajstić information content (AvgIpc) is 2.73. The number of likely N-dealkylation sites (tertiary alicyclic amines) is 1. The number of hydrogen-bond donors (Lipinski definition) is 1. The van der Waals surface area contributed by atoms with E-state index in [9.17, 15) is 0 Å². The summed E-state index contributed by atoms with van der Waals surface area (Å²) in [6.07, 6.45) is 4.63.